The van der Waals surface area contributed by atoms with Crippen LogP contribution < -0.4 is 10.6 Å². The van der Waals surface area contributed by atoms with E-state index in [1.165, 1.54) is 0 Å². The van der Waals surface area contributed by atoms with Crippen molar-refractivity contribution >= 4 is 11.7 Å². The number of anilines is 1. The van der Waals surface area contributed by atoms with Gasteiger partial charge in [-0.1, -0.05) is 26.0 Å². The molecule has 2 N–H and O–H groups in total. The van der Waals surface area contributed by atoms with Crippen molar-refractivity contribution in [3.63, 3.8) is 0 Å². The van der Waals surface area contributed by atoms with Gasteiger partial charge in [-0.15, -0.1) is 5.10 Å². The fourth-order valence-corrected chi connectivity index (χ4v) is 3.47. The highest BCUT2D eigenvalue weighted by atomic mass is 16.2. The van der Waals surface area contributed by atoms with E-state index >= 15 is 0 Å². The molecule has 2 aromatic rings. The van der Waals surface area contributed by atoms with Gasteiger partial charge in [0, 0.05) is 11.5 Å². The molecule has 0 unspecified atom stereocenters. The van der Waals surface area contributed by atoms with Crippen LogP contribution in [-0.2, 0) is 11.0 Å². The number of nitrogens with zero attached hydrogens (tertiary/aromatic N) is 5. The van der Waals surface area contributed by atoms with Crippen molar-refractivity contribution in [2.75, 3.05) is 18.4 Å². The molecule has 1 aliphatic rings. The molecular weight excluding hydrogens is 354 g/mol. The standard InChI is InChI=1S/C20H33N7O/c1-13-17(23-25-26(13)14-8-10-21-11-9-14)18(28)22-16-12-15(19(2,3)4)24-27(16)20(5,6)7/h12,14,21H,8-11H2,1-7H3,(H,22,28). The maximum atomic E-state index is 13.0. The summed E-state index contributed by atoms with van der Waals surface area (Å²) in [7, 11) is 0. The molecule has 3 rings (SSSR count). The molecule has 0 spiro atoms. The number of nitrogens with one attached hydrogen (secondary N) is 2. The van der Waals surface area contributed by atoms with E-state index in [1.807, 2.05) is 22.4 Å². The van der Waals surface area contributed by atoms with Gasteiger partial charge in [-0.25, -0.2) is 9.36 Å². The van der Waals surface area contributed by atoms with E-state index in [1.54, 1.807) is 0 Å². The molecule has 28 heavy (non-hydrogen) atoms. The van der Waals surface area contributed by atoms with E-state index in [9.17, 15) is 4.79 Å². The van der Waals surface area contributed by atoms with E-state index < -0.39 is 0 Å². The predicted molar refractivity (Wildman–Crippen MR) is 110 cm³/mol. The minimum Gasteiger partial charge on any atom is -0.317 e. The lowest BCUT2D eigenvalue weighted by atomic mass is 9.92. The Balaban J connectivity index is 1.87. The van der Waals surface area contributed by atoms with Crippen molar-refractivity contribution in [3.8, 4) is 0 Å². The van der Waals surface area contributed by atoms with Crippen molar-refractivity contribution in [2.45, 2.75) is 78.3 Å². The Hall–Kier alpha value is -2.22. The van der Waals surface area contributed by atoms with Crippen LogP contribution in [0.25, 0.3) is 0 Å². The average Bonchev–Trinajstić information content (AvgIpc) is 3.19. The minimum absolute atomic E-state index is 0.107. The highest BCUT2D eigenvalue weighted by Crippen LogP contribution is 2.28. The normalized spacial score (nSPS) is 16.4. The fourth-order valence-electron chi connectivity index (χ4n) is 3.47. The first-order valence-corrected chi connectivity index (χ1v) is 10.0. The van der Waals surface area contributed by atoms with E-state index in [2.05, 4.69) is 62.5 Å². The van der Waals surface area contributed by atoms with Crippen LogP contribution in [0, 0.1) is 6.92 Å². The molecular formula is C20H33N7O. The monoisotopic (exact) mass is 387 g/mol. The van der Waals surface area contributed by atoms with Crippen LogP contribution in [0.2, 0.25) is 0 Å². The summed E-state index contributed by atoms with van der Waals surface area (Å²) >= 11 is 0. The predicted octanol–water partition coefficient (Wildman–Crippen LogP) is 3.01. The third-order valence-electron chi connectivity index (χ3n) is 5.15. The van der Waals surface area contributed by atoms with Gasteiger partial charge < -0.3 is 10.6 Å². The van der Waals surface area contributed by atoms with Gasteiger partial charge in [0.15, 0.2) is 5.69 Å². The van der Waals surface area contributed by atoms with Crippen molar-refractivity contribution in [2.24, 2.45) is 0 Å². The van der Waals surface area contributed by atoms with Gasteiger partial charge in [-0.05, 0) is 53.6 Å². The van der Waals surface area contributed by atoms with Crippen LogP contribution in [0.5, 0.6) is 0 Å². The summed E-state index contributed by atoms with van der Waals surface area (Å²) < 4.78 is 3.77. The zero-order valence-corrected chi connectivity index (χ0v) is 18.1. The first-order valence-electron chi connectivity index (χ1n) is 10.0. The third kappa shape index (κ3) is 4.11. The Bertz CT molecular complexity index is 845. The smallest absolute Gasteiger partial charge is 0.279 e. The summed E-state index contributed by atoms with van der Waals surface area (Å²) in [6.07, 6.45) is 1.99. The van der Waals surface area contributed by atoms with Gasteiger partial charge >= 0.3 is 0 Å². The summed E-state index contributed by atoms with van der Waals surface area (Å²) in [5.41, 5.74) is 1.75. The quantitative estimate of drug-likeness (QED) is 0.845. The molecule has 1 saturated heterocycles. The maximum absolute atomic E-state index is 13.0. The molecule has 0 atom stereocenters. The second-order valence-corrected chi connectivity index (χ2v) is 9.65. The number of hydrogen-bond acceptors (Lipinski definition) is 5. The Kier molecular flexibility index (Phi) is 5.36. The second-order valence-electron chi connectivity index (χ2n) is 9.65. The van der Waals surface area contributed by atoms with Crippen molar-refractivity contribution in [1.29, 1.82) is 0 Å². The Morgan fingerprint density at radius 2 is 1.82 bits per heavy atom. The lowest BCUT2D eigenvalue weighted by Gasteiger charge is -2.23. The molecule has 2 aromatic heterocycles. The molecule has 0 aromatic carbocycles. The van der Waals surface area contributed by atoms with Crippen LogP contribution in [0.1, 0.15) is 82.3 Å². The summed E-state index contributed by atoms with van der Waals surface area (Å²) in [4.78, 5) is 13.0. The molecule has 1 aliphatic heterocycles. The highest BCUT2D eigenvalue weighted by molar-refractivity contribution is 6.03. The summed E-state index contributed by atoms with van der Waals surface area (Å²) in [5, 5.41) is 19.6. The Labute approximate surface area is 167 Å². The lowest BCUT2D eigenvalue weighted by molar-refractivity contribution is 0.102. The molecule has 8 heteroatoms. The zero-order chi connectivity index (χ0) is 20.7. The molecule has 0 radical (unpaired) electrons. The van der Waals surface area contributed by atoms with Crippen LogP contribution >= 0.6 is 0 Å². The number of piperidine rings is 1. The van der Waals surface area contributed by atoms with E-state index in [0.717, 1.165) is 37.3 Å². The van der Waals surface area contributed by atoms with Gasteiger partial charge in [0.05, 0.1) is 23.0 Å². The van der Waals surface area contributed by atoms with E-state index in [0.29, 0.717) is 17.6 Å². The Morgan fingerprint density at radius 1 is 1.18 bits per heavy atom. The number of carbonyl (C=O) groups is 1. The molecule has 0 aliphatic carbocycles. The number of carbonyl (C=O) groups excluding carboxylic acids is 1. The number of hydrogen-bond donors (Lipinski definition) is 2. The van der Waals surface area contributed by atoms with Crippen molar-refractivity contribution in [1.82, 2.24) is 30.1 Å². The first-order chi connectivity index (χ1) is 13.0. The topological polar surface area (TPSA) is 89.7 Å². The molecule has 1 fully saturated rings. The first kappa shape index (κ1) is 20.5. The fraction of sp³-hybridized carbons (Fsp3) is 0.700. The van der Waals surface area contributed by atoms with E-state index in [-0.39, 0.29) is 16.9 Å². The molecule has 0 saturated carbocycles. The highest BCUT2D eigenvalue weighted by Gasteiger charge is 2.28. The molecule has 3 heterocycles. The SMILES string of the molecule is Cc1c(C(=O)Nc2cc(C(C)(C)C)nn2C(C)(C)C)nnn1C1CCNCC1. The molecule has 8 nitrogen and oxygen atoms in total. The number of rotatable bonds is 3. The largest absolute Gasteiger partial charge is 0.317 e. The lowest BCUT2D eigenvalue weighted by Crippen LogP contribution is -2.30. The van der Waals surface area contributed by atoms with Gasteiger partial charge in [-0.2, -0.15) is 5.10 Å². The van der Waals surface area contributed by atoms with E-state index in [4.69, 9.17) is 5.10 Å². The van der Waals surface area contributed by atoms with Crippen LogP contribution in [0.15, 0.2) is 6.07 Å². The summed E-state index contributed by atoms with van der Waals surface area (Å²) in [5.74, 6) is 0.432. The second kappa shape index (κ2) is 7.31. The Morgan fingerprint density at radius 3 is 2.39 bits per heavy atom. The van der Waals surface area contributed by atoms with Gasteiger partial charge in [-0.3, -0.25) is 4.79 Å². The zero-order valence-electron chi connectivity index (χ0n) is 18.1. The number of amides is 1. The van der Waals surface area contributed by atoms with Crippen molar-refractivity contribution in [3.05, 3.63) is 23.1 Å². The maximum Gasteiger partial charge on any atom is 0.279 e. The molecule has 154 valence electrons. The molecule has 1 amide bonds. The minimum atomic E-state index is -0.256. The van der Waals surface area contributed by atoms with Gasteiger partial charge in [0.25, 0.3) is 5.91 Å². The summed E-state index contributed by atoms with van der Waals surface area (Å²) in [6.45, 7) is 16.4. The number of aromatic nitrogens is 5. The van der Waals surface area contributed by atoms with Crippen LogP contribution in [-0.4, -0.2) is 43.8 Å². The van der Waals surface area contributed by atoms with Crippen LogP contribution in [0.4, 0.5) is 5.82 Å². The molecule has 0 bridgehead atoms. The average molecular weight is 388 g/mol. The van der Waals surface area contributed by atoms with Crippen molar-refractivity contribution < 1.29 is 4.79 Å². The van der Waals surface area contributed by atoms with Gasteiger partial charge in [0.2, 0.25) is 0 Å². The summed E-state index contributed by atoms with van der Waals surface area (Å²) in [6, 6.07) is 2.25. The third-order valence-corrected chi connectivity index (χ3v) is 5.15. The van der Waals surface area contributed by atoms with Gasteiger partial charge in [0.1, 0.15) is 5.82 Å². The van der Waals surface area contributed by atoms with Crippen LogP contribution in [0.3, 0.4) is 0 Å².